The molecule has 4 rings (SSSR count). The molecule has 0 bridgehead atoms. The van der Waals surface area contributed by atoms with Gasteiger partial charge in [0.2, 0.25) is 0 Å². The van der Waals surface area contributed by atoms with Crippen LogP contribution in [-0.4, -0.2) is 4.92 Å². The molecule has 2 aromatic rings. The maximum Gasteiger partial charge on any atom is 0.274 e. The summed E-state index contributed by atoms with van der Waals surface area (Å²) < 4.78 is 0. The number of hydrogen-bond acceptors (Lipinski definition) is 3. The average Bonchev–Trinajstić information content (AvgIpc) is 3.08. The second-order valence-electron chi connectivity index (χ2n) is 6.23. The number of nitro benzene ring substituents is 1. The van der Waals surface area contributed by atoms with E-state index in [-0.39, 0.29) is 28.5 Å². The first kappa shape index (κ1) is 16.7. The van der Waals surface area contributed by atoms with Gasteiger partial charge in [0.1, 0.15) is 0 Å². The van der Waals surface area contributed by atoms with Crippen molar-refractivity contribution in [1.82, 2.24) is 0 Å². The molecule has 7 heteroatoms. The van der Waals surface area contributed by atoms with Crippen LogP contribution in [0.15, 0.2) is 42.5 Å². The van der Waals surface area contributed by atoms with E-state index in [1.54, 1.807) is 18.2 Å². The summed E-state index contributed by atoms with van der Waals surface area (Å²) in [5.74, 6) is 0.130. The predicted molar refractivity (Wildman–Crippen MR) is 101 cm³/mol. The van der Waals surface area contributed by atoms with Crippen molar-refractivity contribution in [2.75, 3.05) is 5.32 Å². The molecule has 0 radical (unpaired) electrons. The molecule has 0 saturated carbocycles. The molecule has 4 nitrogen and oxygen atoms in total. The lowest BCUT2D eigenvalue weighted by Crippen LogP contribution is -2.30. The van der Waals surface area contributed by atoms with Crippen LogP contribution in [0.4, 0.5) is 11.4 Å². The maximum absolute atomic E-state index is 11.5. The second-order valence-corrected chi connectivity index (χ2v) is 7.43. The minimum absolute atomic E-state index is 0.0183. The first-order valence-electron chi connectivity index (χ1n) is 7.83. The van der Waals surface area contributed by atoms with Crippen LogP contribution in [0.1, 0.15) is 29.5 Å². The molecule has 1 aliphatic carbocycles. The molecule has 2 aromatic carbocycles. The summed E-state index contributed by atoms with van der Waals surface area (Å²) >= 11 is 19.1. The van der Waals surface area contributed by atoms with Gasteiger partial charge in [-0.3, -0.25) is 10.1 Å². The van der Waals surface area contributed by atoms with Crippen LogP contribution in [-0.2, 0) is 0 Å². The van der Waals surface area contributed by atoms with Gasteiger partial charge in [0, 0.05) is 17.5 Å². The maximum atomic E-state index is 11.5. The number of halogens is 3. The molecular formula is C18H13Cl3N2O2. The Kier molecular flexibility index (Phi) is 4.14. The lowest BCUT2D eigenvalue weighted by molar-refractivity contribution is -0.385. The summed E-state index contributed by atoms with van der Waals surface area (Å²) in [6.07, 6.45) is 4.97. The standard InChI is InChI=1S/C18H13Cl3N2O2/c19-12-8-13(20)18-15(16(12)21)9-5-3-6-10(9)17(22-18)11-4-1-2-7-14(11)23(24)25/h1-5,7-10,17,22H,6H2/t9-,10+,17-/m1/s1. The molecule has 0 unspecified atom stereocenters. The number of nitrogens with one attached hydrogen (secondary N) is 1. The topological polar surface area (TPSA) is 55.2 Å². The first-order chi connectivity index (χ1) is 12.0. The summed E-state index contributed by atoms with van der Waals surface area (Å²) in [7, 11) is 0. The molecule has 128 valence electrons. The molecular weight excluding hydrogens is 383 g/mol. The van der Waals surface area contributed by atoms with Gasteiger partial charge >= 0.3 is 0 Å². The SMILES string of the molecule is O=[N+]([O-])c1ccccc1[C@@H]1Nc2c(Cl)cc(Cl)c(Cl)c2[C@@H]2C=CC[C@@H]21. The fraction of sp³-hybridized carbons (Fsp3) is 0.222. The first-order valence-corrected chi connectivity index (χ1v) is 8.96. The van der Waals surface area contributed by atoms with Gasteiger partial charge in [0.25, 0.3) is 5.69 Å². The number of fused-ring (bicyclic) bond motifs is 3. The number of benzene rings is 2. The predicted octanol–water partition coefficient (Wildman–Crippen LogP) is 6.38. The lowest BCUT2D eigenvalue weighted by Gasteiger charge is -2.38. The monoisotopic (exact) mass is 394 g/mol. The van der Waals surface area contributed by atoms with Crippen molar-refractivity contribution in [3.05, 3.63) is 78.8 Å². The van der Waals surface area contributed by atoms with Gasteiger partial charge < -0.3 is 5.32 Å². The van der Waals surface area contributed by atoms with Gasteiger partial charge in [-0.15, -0.1) is 0 Å². The van der Waals surface area contributed by atoms with Gasteiger partial charge in [-0.25, -0.2) is 0 Å². The van der Waals surface area contributed by atoms with E-state index in [1.807, 2.05) is 6.07 Å². The highest BCUT2D eigenvalue weighted by Gasteiger charge is 2.42. The third-order valence-corrected chi connectivity index (χ3v) is 6.05. The average molecular weight is 396 g/mol. The van der Waals surface area contributed by atoms with Crippen molar-refractivity contribution in [3.63, 3.8) is 0 Å². The van der Waals surface area contributed by atoms with E-state index in [1.165, 1.54) is 6.07 Å². The number of hydrogen-bond donors (Lipinski definition) is 1. The summed E-state index contributed by atoms with van der Waals surface area (Å²) in [6, 6.07) is 8.18. The van der Waals surface area contributed by atoms with Crippen LogP contribution in [0.5, 0.6) is 0 Å². The van der Waals surface area contributed by atoms with E-state index >= 15 is 0 Å². The quantitative estimate of drug-likeness (QED) is 0.278. The Morgan fingerprint density at radius 3 is 2.68 bits per heavy atom. The van der Waals surface area contributed by atoms with E-state index < -0.39 is 0 Å². The van der Waals surface area contributed by atoms with Crippen molar-refractivity contribution >= 4 is 46.2 Å². The molecule has 0 spiro atoms. The fourth-order valence-corrected chi connectivity index (χ4v) is 4.69. The zero-order valence-corrected chi connectivity index (χ0v) is 15.1. The molecule has 3 atom stereocenters. The lowest BCUT2D eigenvalue weighted by atomic mass is 9.76. The van der Waals surface area contributed by atoms with Gasteiger partial charge in [0.15, 0.2) is 0 Å². The Morgan fingerprint density at radius 2 is 1.92 bits per heavy atom. The molecule has 0 aromatic heterocycles. The van der Waals surface area contributed by atoms with Crippen LogP contribution in [0, 0.1) is 16.0 Å². The molecule has 25 heavy (non-hydrogen) atoms. The number of allylic oxidation sites excluding steroid dienone is 2. The summed E-state index contributed by atoms with van der Waals surface area (Å²) in [5, 5.41) is 16.2. The Labute approximate surface area is 159 Å². The zero-order valence-electron chi connectivity index (χ0n) is 12.9. The summed E-state index contributed by atoms with van der Waals surface area (Å²) in [4.78, 5) is 11.1. The van der Waals surface area contributed by atoms with Gasteiger partial charge in [-0.1, -0.05) is 65.2 Å². The van der Waals surface area contributed by atoms with Crippen molar-refractivity contribution in [2.24, 2.45) is 5.92 Å². The van der Waals surface area contributed by atoms with Crippen LogP contribution in [0.25, 0.3) is 0 Å². The number of nitrogens with zero attached hydrogens (tertiary/aromatic N) is 1. The minimum atomic E-state index is -0.347. The Bertz CT molecular complexity index is 913. The molecule has 1 N–H and O–H groups in total. The van der Waals surface area contributed by atoms with E-state index in [0.29, 0.717) is 26.3 Å². The normalized spacial score (nSPS) is 23.7. The van der Waals surface area contributed by atoms with Crippen LogP contribution >= 0.6 is 34.8 Å². The molecule has 2 aliphatic rings. The third-order valence-electron chi connectivity index (χ3n) is 4.95. The molecule has 1 aliphatic heterocycles. The van der Waals surface area contributed by atoms with Crippen LogP contribution in [0.3, 0.4) is 0 Å². The zero-order chi connectivity index (χ0) is 17.7. The Morgan fingerprint density at radius 1 is 1.16 bits per heavy atom. The molecule has 0 amide bonds. The van der Waals surface area contributed by atoms with Crippen molar-refractivity contribution in [2.45, 2.75) is 18.4 Å². The van der Waals surface area contributed by atoms with Crippen LogP contribution in [0.2, 0.25) is 15.1 Å². The largest absolute Gasteiger partial charge is 0.376 e. The number of nitro groups is 1. The smallest absolute Gasteiger partial charge is 0.274 e. The fourth-order valence-electron chi connectivity index (χ4n) is 3.89. The second kappa shape index (κ2) is 6.20. The third kappa shape index (κ3) is 2.60. The van der Waals surface area contributed by atoms with Crippen molar-refractivity contribution in [1.29, 1.82) is 0 Å². The highest BCUT2D eigenvalue weighted by Crippen LogP contribution is 2.55. The van der Waals surface area contributed by atoms with E-state index in [4.69, 9.17) is 34.8 Å². The number of para-hydroxylation sites is 1. The Balaban J connectivity index is 1.90. The molecule has 0 fully saturated rings. The van der Waals surface area contributed by atoms with E-state index in [9.17, 15) is 10.1 Å². The highest BCUT2D eigenvalue weighted by atomic mass is 35.5. The summed E-state index contributed by atoms with van der Waals surface area (Å²) in [5.41, 5.74) is 2.32. The molecule has 1 heterocycles. The highest BCUT2D eigenvalue weighted by molar-refractivity contribution is 6.44. The van der Waals surface area contributed by atoms with Gasteiger partial charge in [0.05, 0.1) is 37.3 Å². The van der Waals surface area contributed by atoms with E-state index in [2.05, 4.69) is 17.5 Å². The molecule has 0 saturated heterocycles. The van der Waals surface area contributed by atoms with Gasteiger partial charge in [-0.05, 0) is 18.4 Å². The summed E-state index contributed by atoms with van der Waals surface area (Å²) in [6.45, 7) is 0. The van der Waals surface area contributed by atoms with Crippen molar-refractivity contribution < 1.29 is 4.92 Å². The van der Waals surface area contributed by atoms with E-state index in [0.717, 1.165) is 12.0 Å². The number of anilines is 1. The number of rotatable bonds is 2. The van der Waals surface area contributed by atoms with Crippen molar-refractivity contribution in [3.8, 4) is 0 Å². The Hall–Kier alpha value is -1.75. The minimum Gasteiger partial charge on any atom is -0.376 e. The van der Waals surface area contributed by atoms with Gasteiger partial charge in [-0.2, -0.15) is 0 Å². The van der Waals surface area contributed by atoms with Crippen LogP contribution < -0.4 is 5.32 Å².